The van der Waals surface area contributed by atoms with Gasteiger partial charge in [-0.25, -0.2) is 9.97 Å². The lowest BCUT2D eigenvalue weighted by molar-refractivity contribution is 0.223. The predicted molar refractivity (Wildman–Crippen MR) is 161 cm³/mol. The molecule has 0 radical (unpaired) electrons. The lowest BCUT2D eigenvalue weighted by Gasteiger charge is -2.18. The third-order valence-corrected chi connectivity index (χ3v) is 6.80. The van der Waals surface area contributed by atoms with E-state index < -0.39 is 0 Å². The fourth-order valence-electron chi connectivity index (χ4n) is 4.14. The molecular weight excluding hydrogens is 508 g/mol. The maximum absolute atomic E-state index is 5.96. The number of anilines is 2. The van der Waals surface area contributed by atoms with Gasteiger partial charge in [0.2, 0.25) is 5.95 Å². The highest BCUT2D eigenvalue weighted by Gasteiger charge is 2.08. The lowest BCUT2D eigenvalue weighted by Crippen LogP contribution is -2.27. The monoisotopic (exact) mass is 544 g/mol. The Balaban J connectivity index is 1.36. The van der Waals surface area contributed by atoms with E-state index in [1.807, 2.05) is 78.9 Å². The van der Waals surface area contributed by atoms with Crippen LogP contribution < -0.4 is 14.8 Å². The number of aryl methyl sites for hydroxylation is 1. The van der Waals surface area contributed by atoms with Crippen LogP contribution >= 0.6 is 11.6 Å². The number of nitrogens with one attached hydrogen (secondary N) is 1. The quantitative estimate of drug-likeness (QED) is 0.178. The molecule has 0 fully saturated rings. The molecule has 0 aliphatic rings. The molecule has 0 saturated heterocycles. The van der Waals surface area contributed by atoms with Crippen molar-refractivity contribution in [1.29, 1.82) is 0 Å². The minimum absolute atomic E-state index is 0.572. The summed E-state index contributed by atoms with van der Waals surface area (Å²) in [6, 6.07) is 25.9. The second kappa shape index (κ2) is 14.5. The molecule has 204 valence electrons. The highest BCUT2D eigenvalue weighted by molar-refractivity contribution is 6.30. The van der Waals surface area contributed by atoms with Crippen LogP contribution in [0.2, 0.25) is 5.02 Å². The van der Waals surface area contributed by atoms with Gasteiger partial charge in [-0.3, -0.25) is 0 Å². The van der Waals surface area contributed by atoms with Gasteiger partial charge in [0.1, 0.15) is 18.1 Å². The molecule has 0 amide bonds. The van der Waals surface area contributed by atoms with E-state index in [0.29, 0.717) is 19.2 Å². The topological polar surface area (TPSA) is 59.5 Å². The van der Waals surface area contributed by atoms with Crippen molar-refractivity contribution in [2.75, 3.05) is 38.2 Å². The largest absolute Gasteiger partial charge is 0.493 e. The Hall–Kier alpha value is -3.61. The summed E-state index contributed by atoms with van der Waals surface area (Å²) in [5, 5.41) is 4.09. The Morgan fingerprint density at radius 2 is 1.41 bits per heavy atom. The third-order valence-electron chi connectivity index (χ3n) is 6.55. The second-order valence-electron chi connectivity index (χ2n) is 9.20. The van der Waals surface area contributed by atoms with E-state index in [4.69, 9.17) is 26.1 Å². The molecule has 1 aromatic heterocycles. The summed E-state index contributed by atoms with van der Waals surface area (Å²) in [5.41, 5.74) is 4.96. The van der Waals surface area contributed by atoms with E-state index in [-0.39, 0.29) is 0 Å². The number of ether oxygens (including phenoxy) is 2. The van der Waals surface area contributed by atoms with Crippen LogP contribution in [-0.2, 0) is 12.8 Å². The first kappa shape index (κ1) is 28.4. The molecule has 0 aliphatic carbocycles. The van der Waals surface area contributed by atoms with E-state index in [2.05, 4.69) is 36.0 Å². The molecule has 39 heavy (non-hydrogen) atoms. The van der Waals surface area contributed by atoms with Gasteiger partial charge in [0.15, 0.2) is 0 Å². The third kappa shape index (κ3) is 8.70. The van der Waals surface area contributed by atoms with Crippen molar-refractivity contribution in [2.45, 2.75) is 33.6 Å². The van der Waals surface area contributed by atoms with E-state index in [0.717, 1.165) is 71.6 Å². The summed E-state index contributed by atoms with van der Waals surface area (Å²) in [5.74, 6) is 2.25. The van der Waals surface area contributed by atoms with Gasteiger partial charge in [-0.1, -0.05) is 44.5 Å². The van der Waals surface area contributed by atoms with E-state index >= 15 is 0 Å². The molecule has 1 heterocycles. The Morgan fingerprint density at radius 1 is 0.769 bits per heavy atom. The van der Waals surface area contributed by atoms with Gasteiger partial charge in [-0.2, -0.15) is 0 Å². The number of benzene rings is 3. The summed E-state index contributed by atoms with van der Waals surface area (Å²) >= 11 is 5.96. The summed E-state index contributed by atoms with van der Waals surface area (Å²) in [6.45, 7) is 10.7. The number of aromatic nitrogens is 2. The van der Waals surface area contributed by atoms with Crippen LogP contribution in [0.5, 0.6) is 11.5 Å². The molecule has 3 aromatic carbocycles. The van der Waals surface area contributed by atoms with Crippen molar-refractivity contribution in [3.05, 3.63) is 95.1 Å². The van der Waals surface area contributed by atoms with Gasteiger partial charge >= 0.3 is 0 Å². The van der Waals surface area contributed by atoms with Crippen molar-refractivity contribution in [1.82, 2.24) is 14.9 Å². The number of halogens is 1. The number of hydrogen-bond donors (Lipinski definition) is 1. The summed E-state index contributed by atoms with van der Waals surface area (Å²) < 4.78 is 11.8. The smallest absolute Gasteiger partial charge is 0.227 e. The molecule has 0 spiro atoms. The maximum atomic E-state index is 5.96. The molecule has 0 unspecified atom stereocenters. The predicted octanol–water partition coefficient (Wildman–Crippen LogP) is 7.45. The van der Waals surface area contributed by atoms with Gasteiger partial charge in [0.05, 0.1) is 12.3 Å². The van der Waals surface area contributed by atoms with E-state index in [1.165, 1.54) is 5.56 Å². The minimum Gasteiger partial charge on any atom is -0.493 e. The zero-order valence-electron chi connectivity index (χ0n) is 23.0. The van der Waals surface area contributed by atoms with Crippen LogP contribution in [0, 0.1) is 0 Å². The van der Waals surface area contributed by atoms with Gasteiger partial charge < -0.3 is 19.7 Å². The van der Waals surface area contributed by atoms with Crippen molar-refractivity contribution in [3.63, 3.8) is 0 Å². The average molecular weight is 545 g/mol. The Bertz CT molecular complexity index is 1290. The zero-order chi connectivity index (χ0) is 27.5. The number of likely N-dealkylation sites (N-methyl/N-ethyl adjacent to an activating group) is 1. The first-order valence-electron chi connectivity index (χ1n) is 13.6. The Kier molecular flexibility index (Phi) is 10.6. The normalized spacial score (nSPS) is 11.0. The summed E-state index contributed by atoms with van der Waals surface area (Å²) in [7, 11) is 0. The standard InChI is InChI=1S/C32H37ClN4O2/c1-4-27-23-31(25-9-15-29(16-10-25)38-21-19-24-7-11-26(33)12-8-24)36-32(34-27)35-28-13-17-30(18-14-28)39-22-20-37(5-2)6-3/h7-18,23H,4-6,19-22H2,1-3H3,(H,34,35,36). The second-order valence-corrected chi connectivity index (χ2v) is 9.63. The van der Waals surface area contributed by atoms with E-state index in [1.54, 1.807) is 0 Å². The van der Waals surface area contributed by atoms with Crippen molar-refractivity contribution in [3.8, 4) is 22.8 Å². The zero-order valence-corrected chi connectivity index (χ0v) is 23.7. The number of nitrogens with zero attached hydrogens (tertiary/aromatic N) is 3. The highest BCUT2D eigenvalue weighted by atomic mass is 35.5. The summed E-state index contributed by atoms with van der Waals surface area (Å²) in [6.07, 6.45) is 1.64. The average Bonchev–Trinajstić information content (AvgIpc) is 2.97. The number of hydrogen-bond acceptors (Lipinski definition) is 6. The van der Waals surface area contributed by atoms with Crippen LogP contribution in [0.15, 0.2) is 78.9 Å². The van der Waals surface area contributed by atoms with Gasteiger partial charge in [0, 0.05) is 34.9 Å². The minimum atomic E-state index is 0.572. The first-order chi connectivity index (χ1) is 19.1. The molecule has 0 aliphatic heterocycles. The Morgan fingerprint density at radius 3 is 2.05 bits per heavy atom. The van der Waals surface area contributed by atoms with Crippen LogP contribution in [0.3, 0.4) is 0 Å². The van der Waals surface area contributed by atoms with Crippen LogP contribution in [-0.4, -0.2) is 47.7 Å². The molecule has 6 nitrogen and oxygen atoms in total. The SMILES string of the molecule is CCc1cc(-c2ccc(OCCc3ccc(Cl)cc3)cc2)nc(Nc2ccc(OCCN(CC)CC)cc2)n1. The van der Waals surface area contributed by atoms with Gasteiger partial charge in [-0.05, 0) is 91.8 Å². The fourth-order valence-corrected chi connectivity index (χ4v) is 4.26. The molecular formula is C32H37ClN4O2. The molecule has 0 bridgehead atoms. The van der Waals surface area contributed by atoms with Crippen LogP contribution in [0.25, 0.3) is 11.3 Å². The highest BCUT2D eigenvalue weighted by Crippen LogP contribution is 2.25. The summed E-state index contributed by atoms with van der Waals surface area (Å²) in [4.78, 5) is 11.8. The van der Waals surface area contributed by atoms with Gasteiger partial charge in [-0.15, -0.1) is 0 Å². The fraction of sp³-hybridized carbons (Fsp3) is 0.312. The molecule has 4 aromatic rings. The van der Waals surface area contributed by atoms with Crippen LogP contribution in [0.1, 0.15) is 32.0 Å². The number of rotatable bonds is 14. The maximum Gasteiger partial charge on any atom is 0.227 e. The molecule has 0 atom stereocenters. The molecule has 4 rings (SSSR count). The Labute approximate surface area is 237 Å². The van der Waals surface area contributed by atoms with Gasteiger partial charge in [0.25, 0.3) is 0 Å². The molecule has 1 N–H and O–H groups in total. The first-order valence-corrected chi connectivity index (χ1v) is 14.0. The molecule has 7 heteroatoms. The van der Waals surface area contributed by atoms with E-state index in [9.17, 15) is 0 Å². The van der Waals surface area contributed by atoms with Crippen LogP contribution in [0.4, 0.5) is 11.6 Å². The lowest BCUT2D eigenvalue weighted by atomic mass is 10.1. The molecule has 0 saturated carbocycles. The van der Waals surface area contributed by atoms with Crippen molar-refractivity contribution >= 4 is 23.2 Å². The van der Waals surface area contributed by atoms with Crippen molar-refractivity contribution in [2.24, 2.45) is 0 Å². The van der Waals surface area contributed by atoms with Crippen molar-refractivity contribution < 1.29 is 9.47 Å².